The van der Waals surface area contributed by atoms with E-state index in [1.165, 1.54) is 6.07 Å². The van der Waals surface area contributed by atoms with Gasteiger partial charge in [0.2, 0.25) is 5.82 Å². The summed E-state index contributed by atoms with van der Waals surface area (Å²) in [4.78, 5) is 0. The van der Waals surface area contributed by atoms with E-state index >= 15 is 0 Å². The smallest absolute Gasteiger partial charge is 0.200 e. The Morgan fingerprint density at radius 3 is 2.64 bits per heavy atom. The number of aromatic hydroxyl groups is 1. The summed E-state index contributed by atoms with van der Waals surface area (Å²) in [6.45, 7) is 2.32. The third-order valence-corrected chi connectivity index (χ3v) is 2.12. The molecule has 0 radical (unpaired) electrons. The van der Waals surface area contributed by atoms with Gasteiger partial charge in [-0.25, -0.2) is 4.39 Å². The van der Waals surface area contributed by atoms with Crippen molar-refractivity contribution in [3.05, 3.63) is 29.3 Å². The molecule has 0 aromatic heterocycles. The molecule has 0 bridgehead atoms. The second-order valence-electron chi connectivity index (χ2n) is 3.41. The van der Waals surface area contributed by atoms with Crippen LogP contribution in [0.15, 0.2) is 12.1 Å². The normalized spacial score (nSPS) is 12.9. The Morgan fingerprint density at radius 1 is 1.43 bits per heavy atom. The van der Waals surface area contributed by atoms with Crippen molar-refractivity contribution in [2.45, 2.75) is 13.3 Å². The summed E-state index contributed by atoms with van der Waals surface area (Å²) >= 11 is 0. The Labute approximate surface area is 81.4 Å². The van der Waals surface area contributed by atoms with Gasteiger partial charge in [0.25, 0.3) is 0 Å². The number of benzene rings is 1. The van der Waals surface area contributed by atoms with Crippen molar-refractivity contribution in [2.24, 2.45) is 11.7 Å². The van der Waals surface area contributed by atoms with Gasteiger partial charge >= 0.3 is 0 Å². The van der Waals surface area contributed by atoms with Crippen molar-refractivity contribution in [1.82, 2.24) is 0 Å². The molecule has 2 nitrogen and oxygen atoms in total. The van der Waals surface area contributed by atoms with Gasteiger partial charge in [-0.3, -0.25) is 0 Å². The first kappa shape index (κ1) is 10.9. The topological polar surface area (TPSA) is 46.2 Å². The maximum absolute atomic E-state index is 12.9. The predicted octanol–water partition coefficient (Wildman–Crippen LogP) is 1.81. The molecule has 1 rings (SSSR count). The van der Waals surface area contributed by atoms with Crippen LogP contribution >= 0.6 is 0 Å². The van der Waals surface area contributed by atoms with E-state index < -0.39 is 17.4 Å². The fraction of sp³-hybridized carbons (Fsp3) is 0.400. The highest BCUT2D eigenvalue weighted by molar-refractivity contribution is 5.34. The van der Waals surface area contributed by atoms with Crippen LogP contribution in [0.4, 0.5) is 8.78 Å². The van der Waals surface area contributed by atoms with Gasteiger partial charge in [-0.1, -0.05) is 13.0 Å². The standard InChI is InChI=1S/C10H13F2NO/c1-6(5-13)4-7-2-3-8(11)9(12)10(7)14/h2-3,6,14H,4-5,13H2,1H3. The summed E-state index contributed by atoms with van der Waals surface area (Å²) in [6, 6.07) is 2.38. The molecule has 78 valence electrons. The number of halogens is 2. The van der Waals surface area contributed by atoms with Crippen LogP contribution in [0.2, 0.25) is 0 Å². The van der Waals surface area contributed by atoms with Crippen molar-refractivity contribution < 1.29 is 13.9 Å². The minimum atomic E-state index is -1.19. The van der Waals surface area contributed by atoms with Gasteiger partial charge in [-0.05, 0) is 30.5 Å². The fourth-order valence-corrected chi connectivity index (χ4v) is 1.20. The van der Waals surface area contributed by atoms with Crippen molar-refractivity contribution in [3.8, 4) is 5.75 Å². The average Bonchev–Trinajstić information content (AvgIpc) is 2.19. The summed E-state index contributed by atoms with van der Waals surface area (Å²) in [5, 5.41) is 9.27. The van der Waals surface area contributed by atoms with Crippen LogP contribution in [0.1, 0.15) is 12.5 Å². The van der Waals surface area contributed by atoms with Crippen LogP contribution in [-0.4, -0.2) is 11.7 Å². The number of phenols is 1. The molecular formula is C10H13F2NO. The summed E-state index contributed by atoms with van der Waals surface area (Å²) in [5.74, 6) is -2.70. The van der Waals surface area contributed by atoms with Crippen LogP contribution < -0.4 is 5.73 Å². The first-order valence-electron chi connectivity index (χ1n) is 4.42. The molecule has 0 aliphatic heterocycles. The fourth-order valence-electron chi connectivity index (χ4n) is 1.20. The van der Waals surface area contributed by atoms with E-state index in [4.69, 9.17) is 5.73 Å². The minimum Gasteiger partial charge on any atom is -0.505 e. The van der Waals surface area contributed by atoms with E-state index in [9.17, 15) is 13.9 Å². The van der Waals surface area contributed by atoms with Gasteiger partial charge < -0.3 is 10.8 Å². The van der Waals surface area contributed by atoms with Gasteiger partial charge in [-0.2, -0.15) is 4.39 Å². The SMILES string of the molecule is CC(CN)Cc1ccc(F)c(F)c1O. The van der Waals surface area contributed by atoms with Crippen LogP contribution in [0.5, 0.6) is 5.75 Å². The molecule has 3 N–H and O–H groups in total. The van der Waals surface area contributed by atoms with Crippen LogP contribution in [-0.2, 0) is 6.42 Å². The number of rotatable bonds is 3. The zero-order valence-electron chi connectivity index (χ0n) is 7.93. The second-order valence-corrected chi connectivity index (χ2v) is 3.41. The molecule has 0 aliphatic carbocycles. The Balaban J connectivity index is 2.94. The lowest BCUT2D eigenvalue weighted by molar-refractivity contribution is 0.397. The molecular weight excluding hydrogens is 188 g/mol. The van der Waals surface area contributed by atoms with Gasteiger partial charge in [0.05, 0.1) is 0 Å². The lowest BCUT2D eigenvalue weighted by atomic mass is 10.0. The molecule has 0 heterocycles. The molecule has 1 unspecified atom stereocenters. The van der Waals surface area contributed by atoms with E-state index in [1.54, 1.807) is 0 Å². The first-order valence-corrected chi connectivity index (χ1v) is 4.42. The van der Waals surface area contributed by atoms with E-state index in [-0.39, 0.29) is 5.92 Å². The van der Waals surface area contributed by atoms with E-state index in [0.717, 1.165) is 6.07 Å². The third kappa shape index (κ3) is 2.20. The highest BCUT2D eigenvalue weighted by Crippen LogP contribution is 2.25. The van der Waals surface area contributed by atoms with Crippen molar-refractivity contribution in [1.29, 1.82) is 0 Å². The van der Waals surface area contributed by atoms with Gasteiger partial charge in [0, 0.05) is 0 Å². The number of nitrogens with two attached hydrogens (primary N) is 1. The van der Waals surface area contributed by atoms with Crippen LogP contribution in [0.25, 0.3) is 0 Å². The molecule has 1 aromatic carbocycles. The van der Waals surface area contributed by atoms with Gasteiger partial charge in [0.15, 0.2) is 11.6 Å². The minimum absolute atomic E-state index is 0.130. The van der Waals surface area contributed by atoms with E-state index in [2.05, 4.69) is 0 Å². The van der Waals surface area contributed by atoms with Gasteiger partial charge in [-0.15, -0.1) is 0 Å². The highest BCUT2D eigenvalue weighted by Gasteiger charge is 2.13. The monoisotopic (exact) mass is 201 g/mol. The van der Waals surface area contributed by atoms with E-state index in [0.29, 0.717) is 18.5 Å². The molecule has 0 spiro atoms. The molecule has 0 saturated heterocycles. The van der Waals surface area contributed by atoms with Gasteiger partial charge in [0.1, 0.15) is 0 Å². The molecule has 4 heteroatoms. The zero-order valence-corrected chi connectivity index (χ0v) is 7.93. The number of hydrogen-bond donors (Lipinski definition) is 2. The lowest BCUT2D eigenvalue weighted by Crippen LogP contribution is -2.13. The largest absolute Gasteiger partial charge is 0.505 e. The summed E-state index contributed by atoms with van der Waals surface area (Å²) in [6.07, 6.45) is 0.444. The third-order valence-electron chi connectivity index (χ3n) is 2.12. The van der Waals surface area contributed by atoms with E-state index in [1.807, 2.05) is 6.92 Å². The Hall–Kier alpha value is -1.16. The molecule has 0 amide bonds. The highest BCUT2D eigenvalue weighted by atomic mass is 19.2. The first-order chi connectivity index (χ1) is 6.56. The van der Waals surface area contributed by atoms with Crippen molar-refractivity contribution in [3.63, 3.8) is 0 Å². The zero-order chi connectivity index (χ0) is 10.7. The molecule has 1 aromatic rings. The number of phenolic OH excluding ortho intramolecular Hbond substituents is 1. The Bertz CT molecular complexity index is 328. The summed E-state index contributed by atoms with van der Waals surface area (Å²) in [5.41, 5.74) is 5.78. The predicted molar refractivity (Wildman–Crippen MR) is 49.9 cm³/mol. The Kier molecular flexibility index (Phi) is 3.41. The van der Waals surface area contributed by atoms with Crippen LogP contribution in [0, 0.1) is 17.6 Å². The molecule has 0 aliphatic rings. The average molecular weight is 201 g/mol. The quantitative estimate of drug-likeness (QED) is 0.783. The Morgan fingerprint density at radius 2 is 2.07 bits per heavy atom. The molecule has 0 saturated carbocycles. The molecule has 0 fully saturated rings. The molecule has 1 atom stereocenters. The summed E-state index contributed by atoms with van der Waals surface area (Å²) in [7, 11) is 0. The maximum atomic E-state index is 12.9. The van der Waals surface area contributed by atoms with Crippen LogP contribution in [0.3, 0.4) is 0 Å². The van der Waals surface area contributed by atoms with Crippen molar-refractivity contribution in [2.75, 3.05) is 6.54 Å². The number of hydrogen-bond acceptors (Lipinski definition) is 2. The molecule has 14 heavy (non-hydrogen) atoms. The summed E-state index contributed by atoms with van der Waals surface area (Å²) < 4.78 is 25.5. The maximum Gasteiger partial charge on any atom is 0.200 e. The second kappa shape index (κ2) is 4.37. The lowest BCUT2D eigenvalue weighted by Gasteiger charge is -2.10. The van der Waals surface area contributed by atoms with Crippen molar-refractivity contribution >= 4 is 0 Å².